The van der Waals surface area contributed by atoms with Crippen molar-refractivity contribution < 1.29 is 4.39 Å². The molecular weight excluding hydrogens is 211 g/mol. The first kappa shape index (κ1) is 10.1. The summed E-state index contributed by atoms with van der Waals surface area (Å²) in [5.41, 5.74) is 2.58. The van der Waals surface area contributed by atoms with Crippen LogP contribution in [-0.2, 0) is 0 Å². The Morgan fingerprint density at radius 1 is 1.47 bits per heavy atom. The second-order valence-corrected chi connectivity index (χ2v) is 4.20. The van der Waals surface area contributed by atoms with Gasteiger partial charge in [0.2, 0.25) is 0 Å². The fourth-order valence-corrected chi connectivity index (χ4v) is 1.97. The highest BCUT2D eigenvalue weighted by Gasteiger charge is 2.06. The third-order valence-corrected chi connectivity index (χ3v) is 3.04. The van der Waals surface area contributed by atoms with Crippen molar-refractivity contribution in [2.45, 2.75) is 13.0 Å². The summed E-state index contributed by atoms with van der Waals surface area (Å²) in [5.74, 6) is -0.225. The Morgan fingerprint density at radius 3 is 3.00 bits per heavy atom. The maximum absolute atomic E-state index is 12.9. The van der Waals surface area contributed by atoms with Crippen LogP contribution >= 0.6 is 11.3 Å². The van der Waals surface area contributed by atoms with E-state index in [1.165, 1.54) is 12.1 Å². The van der Waals surface area contributed by atoms with Crippen molar-refractivity contribution in [3.63, 3.8) is 0 Å². The summed E-state index contributed by atoms with van der Waals surface area (Å²) in [6.45, 7) is 2.03. The van der Waals surface area contributed by atoms with Gasteiger partial charge in [-0.2, -0.15) is 0 Å². The zero-order valence-electron chi connectivity index (χ0n) is 8.27. The molecule has 78 valence electrons. The standard InChI is InChI=1S/C11H11FN2S/c1-8(11-6-13-7-15-11)14-10-4-2-3-9(12)5-10/h2-8,14H,1H3. The van der Waals surface area contributed by atoms with E-state index in [2.05, 4.69) is 10.3 Å². The third kappa shape index (κ3) is 2.53. The summed E-state index contributed by atoms with van der Waals surface area (Å²) in [7, 11) is 0. The van der Waals surface area contributed by atoms with Crippen molar-refractivity contribution in [3.8, 4) is 0 Å². The highest BCUT2D eigenvalue weighted by Crippen LogP contribution is 2.21. The molecule has 0 spiro atoms. The van der Waals surface area contributed by atoms with Crippen LogP contribution in [0.5, 0.6) is 0 Å². The third-order valence-electron chi connectivity index (χ3n) is 2.09. The van der Waals surface area contributed by atoms with Crippen LogP contribution in [0.1, 0.15) is 17.8 Å². The highest BCUT2D eigenvalue weighted by atomic mass is 32.1. The molecule has 15 heavy (non-hydrogen) atoms. The van der Waals surface area contributed by atoms with Crippen LogP contribution in [0.4, 0.5) is 10.1 Å². The Kier molecular flexibility index (Phi) is 2.97. The number of anilines is 1. The lowest BCUT2D eigenvalue weighted by Crippen LogP contribution is -2.04. The van der Waals surface area contributed by atoms with Gasteiger partial charge in [-0.1, -0.05) is 6.07 Å². The fourth-order valence-electron chi connectivity index (χ4n) is 1.34. The molecule has 1 unspecified atom stereocenters. The first-order valence-electron chi connectivity index (χ1n) is 4.66. The van der Waals surface area contributed by atoms with Crippen molar-refractivity contribution in [3.05, 3.63) is 46.7 Å². The van der Waals surface area contributed by atoms with Gasteiger partial charge in [0.25, 0.3) is 0 Å². The molecule has 0 saturated carbocycles. The quantitative estimate of drug-likeness (QED) is 0.860. The second kappa shape index (κ2) is 4.40. The molecule has 2 nitrogen and oxygen atoms in total. The number of hydrogen-bond acceptors (Lipinski definition) is 3. The topological polar surface area (TPSA) is 24.9 Å². The number of nitrogens with zero attached hydrogens (tertiary/aromatic N) is 1. The van der Waals surface area contributed by atoms with E-state index in [0.29, 0.717) is 0 Å². The predicted octanol–water partition coefficient (Wildman–Crippen LogP) is 3.46. The van der Waals surface area contributed by atoms with Crippen molar-refractivity contribution in [1.29, 1.82) is 0 Å². The number of halogens is 1. The van der Waals surface area contributed by atoms with Crippen molar-refractivity contribution in [2.75, 3.05) is 5.32 Å². The molecule has 0 aliphatic heterocycles. The SMILES string of the molecule is CC(Nc1cccc(F)c1)c1cncs1. The van der Waals surface area contributed by atoms with E-state index < -0.39 is 0 Å². The van der Waals surface area contributed by atoms with Crippen LogP contribution in [0.25, 0.3) is 0 Å². The molecule has 2 rings (SSSR count). The minimum atomic E-state index is -0.225. The number of aromatic nitrogens is 1. The Morgan fingerprint density at radius 2 is 2.33 bits per heavy atom. The molecule has 1 atom stereocenters. The zero-order valence-corrected chi connectivity index (χ0v) is 9.09. The summed E-state index contributed by atoms with van der Waals surface area (Å²) in [5, 5.41) is 3.22. The maximum atomic E-state index is 12.9. The molecule has 4 heteroatoms. The largest absolute Gasteiger partial charge is 0.378 e. The Bertz CT molecular complexity index is 428. The van der Waals surface area contributed by atoms with Gasteiger partial charge in [0.1, 0.15) is 5.82 Å². The van der Waals surface area contributed by atoms with Gasteiger partial charge < -0.3 is 5.32 Å². The van der Waals surface area contributed by atoms with E-state index in [-0.39, 0.29) is 11.9 Å². The van der Waals surface area contributed by atoms with Gasteiger partial charge in [0.05, 0.1) is 11.6 Å². The smallest absolute Gasteiger partial charge is 0.125 e. The highest BCUT2D eigenvalue weighted by molar-refractivity contribution is 7.09. The van der Waals surface area contributed by atoms with Crippen LogP contribution in [0.15, 0.2) is 36.0 Å². The zero-order chi connectivity index (χ0) is 10.7. The van der Waals surface area contributed by atoms with Crippen LogP contribution < -0.4 is 5.32 Å². The van der Waals surface area contributed by atoms with Gasteiger partial charge in [-0.25, -0.2) is 4.39 Å². The summed E-state index contributed by atoms with van der Waals surface area (Å²) in [4.78, 5) is 5.15. The molecule has 0 radical (unpaired) electrons. The second-order valence-electron chi connectivity index (χ2n) is 3.28. The first-order chi connectivity index (χ1) is 7.25. The summed E-state index contributed by atoms with van der Waals surface area (Å²) >= 11 is 1.59. The minimum absolute atomic E-state index is 0.152. The van der Waals surface area contributed by atoms with Gasteiger partial charge in [0.15, 0.2) is 0 Å². The van der Waals surface area contributed by atoms with Gasteiger partial charge in [-0.15, -0.1) is 11.3 Å². The lowest BCUT2D eigenvalue weighted by atomic mass is 10.2. The van der Waals surface area contributed by atoms with Gasteiger partial charge in [-0.3, -0.25) is 4.98 Å². The normalized spacial score (nSPS) is 12.4. The molecule has 2 aromatic rings. The molecule has 1 N–H and O–H groups in total. The van der Waals surface area contributed by atoms with Gasteiger partial charge in [0, 0.05) is 16.8 Å². The minimum Gasteiger partial charge on any atom is -0.378 e. The lowest BCUT2D eigenvalue weighted by Gasteiger charge is -2.12. The van der Waals surface area contributed by atoms with Gasteiger partial charge >= 0.3 is 0 Å². The van der Waals surface area contributed by atoms with E-state index in [9.17, 15) is 4.39 Å². The van der Waals surface area contributed by atoms with Crippen LogP contribution in [0, 0.1) is 5.82 Å². The van der Waals surface area contributed by atoms with Crippen molar-refractivity contribution in [1.82, 2.24) is 4.98 Å². The number of thiazole rings is 1. The molecule has 1 aromatic carbocycles. The van der Waals surface area contributed by atoms with Gasteiger partial charge in [-0.05, 0) is 25.1 Å². The number of rotatable bonds is 3. The number of hydrogen-bond donors (Lipinski definition) is 1. The molecule has 0 aliphatic carbocycles. The summed E-state index contributed by atoms with van der Waals surface area (Å²) in [6.07, 6.45) is 1.82. The molecule has 0 aliphatic rings. The Hall–Kier alpha value is -1.42. The molecule has 0 fully saturated rings. The Labute approximate surface area is 91.8 Å². The molecule has 0 amide bonds. The molecule has 1 heterocycles. The molecule has 1 aromatic heterocycles. The Balaban J connectivity index is 2.09. The molecule has 0 bridgehead atoms. The van der Waals surface area contributed by atoms with Crippen LogP contribution in [0.3, 0.4) is 0 Å². The fraction of sp³-hybridized carbons (Fsp3) is 0.182. The van der Waals surface area contributed by atoms with E-state index >= 15 is 0 Å². The van der Waals surface area contributed by atoms with Crippen LogP contribution in [-0.4, -0.2) is 4.98 Å². The number of benzene rings is 1. The van der Waals surface area contributed by atoms with Crippen molar-refractivity contribution >= 4 is 17.0 Å². The average Bonchev–Trinajstić information content (AvgIpc) is 2.70. The molecule has 0 saturated heterocycles. The summed E-state index contributed by atoms with van der Waals surface area (Å²) in [6, 6.07) is 6.61. The molecular formula is C11H11FN2S. The predicted molar refractivity (Wildman–Crippen MR) is 60.6 cm³/mol. The summed E-state index contributed by atoms with van der Waals surface area (Å²) < 4.78 is 12.9. The van der Waals surface area contributed by atoms with E-state index in [1.54, 1.807) is 22.9 Å². The maximum Gasteiger partial charge on any atom is 0.125 e. The van der Waals surface area contributed by atoms with E-state index in [1.807, 2.05) is 19.2 Å². The average molecular weight is 222 g/mol. The first-order valence-corrected chi connectivity index (χ1v) is 5.54. The van der Waals surface area contributed by atoms with Crippen molar-refractivity contribution in [2.24, 2.45) is 0 Å². The number of nitrogens with one attached hydrogen (secondary N) is 1. The monoisotopic (exact) mass is 222 g/mol. The lowest BCUT2D eigenvalue weighted by molar-refractivity contribution is 0.628. The van der Waals surface area contributed by atoms with E-state index in [0.717, 1.165) is 10.6 Å². The van der Waals surface area contributed by atoms with Crippen LogP contribution in [0.2, 0.25) is 0 Å². The van der Waals surface area contributed by atoms with E-state index in [4.69, 9.17) is 0 Å².